The highest BCUT2D eigenvalue weighted by molar-refractivity contribution is 7.99. The fourth-order valence-corrected chi connectivity index (χ4v) is 5.06. The van der Waals surface area contributed by atoms with Crippen LogP contribution >= 0.6 is 23.5 Å². The first-order valence-electron chi connectivity index (χ1n) is 8.74. The second kappa shape index (κ2) is 8.19. The molecule has 0 aliphatic carbocycles. The Morgan fingerprint density at radius 1 is 1.26 bits per heavy atom. The smallest absolute Gasteiger partial charge is 0.252 e. The van der Waals surface area contributed by atoms with Gasteiger partial charge in [0.15, 0.2) is 5.82 Å². The van der Waals surface area contributed by atoms with Gasteiger partial charge in [-0.2, -0.15) is 4.98 Å². The number of aromatic nitrogens is 2. The van der Waals surface area contributed by atoms with E-state index in [2.05, 4.69) is 27.6 Å². The number of nitrogens with one attached hydrogen (secondary N) is 1. The quantitative estimate of drug-likeness (QED) is 0.633. The van der Waals surface area contributed by atoms with Crippen LogP contribution in [0.4, 0.5) is 0 Å². The van der Waals surface area contributed by atoms with Gasteiger partial charge in [-0.15, -0.1) is 23.5 Å². The molecule has 0 saturated carbocycles. The number of hydrogen-bond acceptors (Lipinski definition) is 6. The molecular formula is C20H19N3O2S2. The van der Waals surface area contributed by atoms with Crippen LogP contribution in [0.3, 0.4) is 0 Å². The predicted molar refractivity (Wildman–Crippen MR) is 107 cm³/mol. The van der Waals surface area contributed by atoms with Crippen LogP contribution in [0.1, 0.15) is 40.1 Å². The van der Waals surface area contributed by atoms with Gasteiger partial charge in [0.25, 0.3) is 5.91 Å². The standard InChI is InChI=1S/C20H19N3O2S2/c1-13-21-19(25-23-13)12-27-18-9-5-3-7-15(18)20(24)22-16-10-11-26-17-8-4-2-6-14(16)17/h2-9,16H,10-12H2,1H3,(H,22,24). The summed E-state index contributed by atoms with van der Waals surface area (Å²) in [6.45, 7) is 1.79. The molecule has 1 aliphatic heterocycles. The number of benzene rings is 2. The first-order chi connectivity index (χ1) is 13.2. The van der Waals surface area contributed by atoms with Gasteiger partial charge in [-0.3, -0.25) is 4.79 Å². The van der Waals surface area contributed by atoms with Gasteiger partial charge in [0.2, 0.25) is 5.89 Å². The molecule has 4 rings (SSSR count). The summed E-state index contributed by atoms with van der Waals surface area (Å²) in [6.07, 6.45) is 0.935. The normalized spacial score (nSPS) is 16.0. The van der Waals surface area contributed by atoms with Crippen LogP contribution < -0.4 is 5.32 Å². The molecule has 1 aromatic heterocycles. The summed E-state index contributed by atoms with van der Waals surface area (Å²) in [5.74, 6) is 2.67. The number of hydrogen-bond donors (Lipinski definition) is 1. The minimum Gasteiger partial charge on any atom is -0.345 e. The molecule has 1 unspecified atom stereocenters. The van der Waals surface area contributed by atoms with Gasteiger partial charge < -0.3 is 9.84 Å². The molecule has 1 amide bonds. The molecule has 0 saturated heterocycles. The lowest BCUT2D eigenvalue weighted by Gasteiger charge is -2.26. The summed E-state index contributed by atoms with van der Waals surface area (Å²) in [5, 5.41) is 7.02. The molecule has 5 nitrogen and oxygen atoms in total. The lowest BCUT2D eigenvalue weighted by atomic mass is 10.0. The first-order valence-corrected chi connectivity index (χ1v) is 10.7. The molecule has 0 radical (unpaired) electrons. The summed E-state index contributed by atoms with van der Waals surface area (Å²) in [6, 6.07) is 16.0. The van der Waals surface area contributed by atoms with E-state index in [0.29, 0.717) is 23.0 Å². The number of rotatable bonds is 5. The van der Waals surface area contributed by atoms with E-state index in [1.807, 2.05) is 48.2 Å². The predicted octanol–water partition coefficient (Wildman–Crippen LogP) is 4.64. The van der Waals surface area contributed by atoms with Crippen molar-refractivity contribution in [1.82, 2.24) is 15.5 Å². The maximum atomic E-state index is 13.0. The molecule has 0 bridgehead atoms. The first kappa shape index (κ1) is 18.1. The fourth-order valence-electron chi connectivity index (χ4n) is 3.05. The van der Waals surface area contributed by atoms with Crippen molar-refractivity contribution in [3.05, 3.63) is 71.4 Å². The molecule has 0 fully saturated rings. The van der Waals surface area contributed by atoms with Crippen LogP contribution in [0.5, 0.6) is 0 Å². The number of fused-ring (bicyclic) bond motifs is 1. The Balaban J connectivity index is 1.49. The number of thioether (sulfide) groups is 2. The fraction of sp³-hybridized carbons (Fsp3) is 0.250. The number of amides is 1. The van der Waals surface area contributed by atoms with Crippen LogP contribution in [0.25, 0.3) is 0 Å². The van der Waals surface area contributed by atoms with Gasteiger partial charge in [-0.1, -0.05) is 35.5 Å². The largest absolute Gasteiger partial charge is 0.345 e. The van der Waals surface area contributed by atoms with Gasteiger partial charge in [-0.05, 0) is 37.1 Å². The van der Waals surface area contributed by atoms with Gasteiger partial charge in [0.05, 0.1) is 17.4 Å². The Bertz CT molecular complexity index is 958. The molecule has 2 aromatic carbocycles. The third-order valence-electron chi connectivity index (χ3n) is 4.32. The molecule has 138 valence electrons. The van der Waals surface area contributed by atoms with E-state index < -0.39 is 0 Å². The molecule has 3 aromatic rings. The van der Waals surface area contributed by atoms with Crippen LogP contribution in [0.2, 0.25) is 0 Å². The molecule has 1 atom stereocenters. The molecule has 2 heterocycles. The summed E-state index contributed by atoms with van der Waals surface area (Å²) >= 11 is 3.38. The van der Waals surface area contributed by atoms with E-state index in [4.69, 9.17) is 4.52 Å². The van der Waals surface area contributed by atoms with Crippen LogP contribution in [-0.4, -0.2) is 21.8 Å². The van der Waals surface area contributed by atoms with Crippen molar-refractivity contribution in [3.63, 3.8) is 0 Å². The molecule has 1 aliphatic rings. The van der Waals surface area contributed by atoms with Crippen molar-refractivity contribution < 1.29 is 9.32 Å². The Hall–Kier alpha value is -2.25. The molecule has 0 spiro atoms. The van der Waals surface area contributed by atoms with E-state index in [9.17, 15) is 4.79 Å². The zero-order chi connectivity index (χ0) is 18.6. The Morgan fingerprint density at radius 3 is 2.93 bits per heavy atom. The van der Waals surface area contributed by atoms with Crippen molar-refractivity contribution in [2.24, 2.45) is 0 Å². The number of carbonyl (C=O) groups is 1. The third-order valence-corrected chi connectivity index (χ3v) is 6.50. The highest BCUT2D eigenvalue weighted by Gasteiger charge is 2.23. The average molecular weight is 398 g/mol. The minimum absolute atomic E-state index is 0.0478. The number of carbonyl (C=O) groups excluding carboxylic acids is 1. The van der Waals surface area contributed by atoms with E-state index >= 15 is 0 Å². The third kappa shape index (κ3) is 4.20. The molecule has 27 heavy (non-hydrogen) atoms. The van der Waals surface area contributed by atoms with Crippen LogP contribution in [-0.2, 0) is 5.75 Å². The number of aryl methyl sites for hydroxylation is 1. The van der Waals surface area contributed by atoms with Crippen LogP contribution in [0.15, 0.2) is 62.8 Å². The van der Waals surface area contributed by atoms with Crippen LogP contribution in [0, 0.1) is 6.92 Å². The van der Waals surface area contributed by atoms with Crippen molar-refractivity contribution in [2.75, 3.05) is 5.75 Å². The van der Waals surface area contributed by atoms with E-state index in [0.717, 1.165) is 17.1 Å². The SMILES string of the molecule is Cc1noc(CSc2ccccc2C(=O)NC2CCSc3ccccc32)n1. The van der Waals surface area contributed by atoms with E-state index in [1.165, 1.54) is 22.2 Å². The zero-order valence-corrected chi connectivity index (χ0v) is 16.5. The van der Waals surface area contributed by atoms with Gasteiger partial charge in [0.1, 0.15) is 0 Å². The summed E-state index contributed by atoms with van der Waals surface area (Å²) < 4.78 is 5.16. The van der Waals surface area contributed by atoms with Gasteiger partial charge in [0, 0.05) is 15.5 Å². The van der Waals surface area contributed by atoms with Gasteiger partial charge in [-0.25, -0.2) is 0 Å². The highest BCUT2D eigenvalue weighted by Crippen LogP contribution is 2.36. The zero-order valence-electron chi connectivity index (χ0n) is 14.8. The molecule has 7 heteroatoms. The van der Waals surface area contributed by atoms with E-state index in [1.54, 1.807) is 6.92 Å². The minimum atomic E-state index is -0.0495. The number of nitrogens with zero attached hydrogens (tertiary/aromatic N) is 2. The lowest BCUT2D eigenvalue weighted by molar-refractivity contribution is 0.0932. The lowest BCUT2D eigenvalue weighted by Crippen LogP contribution is -2.31. The Kier molecular flexibility index (Phi) is 5.50. The Labute approximate surface area is 166 Å². The average Bonchev–Trinajstić information content (AvgIpc) is 3.12. The van der Waals surface area contributed by atoms with Crippen molar-refractivity contribution in [1.29, 1.82) is 0 Å². The van der Waals surface area contributed by atoms with Crippen molar-refractivity contribution in [3.8, 4) is 0 Å². The topological polar surface area (TPSA) is 68.0 Å². The second-order valence-electron chi connectivity index (χ2n) is 6.22. The summed E-state index contributed by atoms with van der Waals surface area (Å²) in [5.41, 5.74) is 1.88. The van der Waals surface area contributed by atoms with Crippen molar-refractivity contribution in [2.45, 2.75) is 34.9 Å². The monoisotopic (exact) mass is 397 g/mol. The maximum Gasteiger partial charge on any atom is 0.252 e. The maximum absolute atomic E-state index is 13.0. The molecule has 1 N–H and O–H groups in total. The molecular weight excluding hydrogens is 378 g/mol. The van der Waals surface area contributed by atoms with Gasteiger partial charge >= 0.3 is 0 Å². The second-order valence-corrected chi connectivity index (χ2v) is 8.38. The summed E-state index contributed by atoms with van der Waals surface area (Å²) in [4.78, 5) is 19.4. The van der Waals surface area contributed by atoms with Crippen molar-refractivity contribution >= 4 is 29.4 Å². The van der Waals surface area contributed by atoms with E-state index in [-0.39, 0.29) is 11.9 Å². The highest BCUT2D eigenvalue weighted by atomic mass is 32.2. The summed E-state index contributed by atoms with van der Waals surface area (Å²) in [7, 11) is 0. The Morgan fingerprint density at radius 2 is 2.07 bits per heavy atom.